The second-order valence-corrected chi connectivity index (χ2v) is 10.5. The Morgan fingerprint density at radius 1 is 1.10 bits per heavy atom. The Balaban J connectivity index is 1.50. The van der Waals surface area contributed by atoms with Crippen molar-refractivity contribution in [1.29, 1.82) is 0 Å². The number of hydrogen-bond acceptors (Lipinski definition) is 5. The Bertz CT molecular complexity index is 1570. The first-order valence-electron chi connectivity index (χ1n) is 12.5. The lowest BCUT2D eigenvalue weighted by molar-refractivity contribution is -0.128. The summed E-state index contributed by atoms with van der Waals surface area (Å²) in [6.07, 6.45) is 3.48. The molecule has 0 saturated heterocycles. The summed E-state index contributed by atoms with van der Waals surface area (Å²) in [5.74, 6) is 0.465. The van der Waals surface area contributed by atoms with Gasteiger partial charge >= 0.3 is 0 Å². The number of carbonyl (C=O) groups is 2. The maximum atomic E-state index is 13.1. The fraction of sp³-hybridized carbons (Fsp3) is 0.233. The number of ether oxygens (including phenoxy) is 1. The van der Waals surface area contributed by atoms with Crippen LogP contribution in [0.25, 0.3) is 22.4 Å². The van der Waals surface area contributed by atoms with E-state index in [0.717, 1.165) is 29.7 Å². The number of amides is 2. The van der Waals surface area contributed by atoms with Gasteiger partial charge in [-0.2, -0.15) is 0 Å². The minimum Gasteiger partial charge on any atom is -0.481 e. The SMILES string of the molecule is C=C1N(C)C=C(C(=O)Nc2cccc(-c3cccc(-c4cc5c(c(OC)n4)C(C)CC5)c3Cl)c2Cl)C(=O)N1C. The van der Waals surface area contributed by atoms with Crippen LogP contribution in [0.2, 0.25) is 10.0 Å². The van der Waals surface area contributed by atoms with E-state index in [0.29, 0.717) is 44.5 Å². The van der Waals surface area contributed by atoms with Gasteiger partial charge in [-0.15, -0.1) is 0 Å². The van der Waals surface area contributed by atoms with Gasteiger partial charge in [0.15, 0.2) is 0 Å². The van der Waals surface area contributed by atoms with Crippen molar-refractivity contribution in [2.24, 2.45) is 0 Å². The third-order valence-corrected chi connectivity index (χ3v) is 8.17. The predicted octanol–water partition coefficient (Wildman–Crippen LogP) is 6.48. The number of aromatic nitrogens is 1. The molecule has 1 unspecified atom stereocenters. The number of hydrogen-bond donors (Lipinski definition) is 1. The van der Waals surface area contributed by atoms with Gasteiger partial charge in [-0.05, 0) is 36.5 Å². The van der Waals surface area contributed by atoms with E-state index >= 15 is 0 Å². The summed E-state index contributed by atoms with van der Waals surface area (Å²) in [6, 6.07) is 13.0. The van der Waals surface area contributed by atoms with Crippen LogP contribution in [0.15, 0.2) is 66.6 Å². The quantitative estimate of drug-likeness (QED) is 0.360. The first-order chi connectivity index (χ1) is 18.6. The molecular weight excluding hydrogens is 535 g/mol. The fourth-order valence-electron chi connectivity index (χ4n) is 5.10. The molecule has 3 aromatic rings. The molecule has 2 aromatic carbocycles. The Hall–Kier alpha value is -3.81. The number of pyridine rings is 1. The minimum atomic E-state index is -0.575. The lowest BCUT2D eigenvalue weighted by Crippen LogP contribution is -2.41. The largest absolute Gasteiger partial charge is 0.481 e. The molecule has 9 heteroatoms. The summed E-state index contributed by atoms with van der Waals surface area (Å²) < 4.78 is 5.64. The number of benzene rings is 2. The third kappa shape index (κ3) is 4.66. The number of halogens is 2. The molecule has 1 aliphatic carbocycles. The van der Waals surface area contributed by atoms with Crippen LogP contribution in [-0.4, -0.2) is 47.8 Å². The number of fused-ring (bicyclic) bond motifs is 1. The van der Waals surface area contributed by atoms with Crippen LogP contribution < -0.4 is 10.1 Å². The maximum absolute atomic E-state index is 13.1. The molecule has 2 heterocycles. The van der Waals surface area contributed by atoms with Gasteiger partial charge in [0, 0.05) is 42.5 Å². The van der Waals surface area contributed by atoms with Crippen molar-refractivity contribution >= 4 is 40.7 Å². The first-order valence-corrected chi connectivity index (χ1v) is 13.3. The molecule has 1 N–H and O–H groups in total. The van der Waals surface area contributed by atoms with E-state index in [1.165, 1.54) is 16.7 Å². The van der Waals surface area contributed by atoms with Gasteiger partial charge in [0.1, 0.15) is 11.4 Å². The van der Waals surface area contributed by atoms with Crippen LogP contribution >= 0.6 is 23.2 Å². The second-order valence-electron chi connectivity index (χ2n) is 9.75. The highest BCUT2D eigenvalue weighted by atomic mass is 35.5. The number of anilines is 1. The van der Waals surface area contributed by atoms with Gasteiger partial charge in [0.2, 0.25) is 5.88 Å². The van der Waals surface area contributed by atoms with E-state index in [-0.39, 0.29) is 5.57 Å². The number of methoxy groups -OCH3 is 1. The van der Waals surface area contributed by atoms with E-state index in [1.54, 1.807) is 38.2 Å². The molecule has 0 saturated carbocycles. The van der Waals surface area contributed by atoms with Crippen LogP contribution in [0.4, 0.5) is 5.69 Å². The van der Waals surface area contributed by atoms with Crippen LogP contribution in [-0.2, 0) is 16.0 Å². The summed E-state index contributed by atoms with van der Waals surface area (Å²) in [5.41, 5.74) is 5.51. The van der Waals surface area contributed by atoms with Crippen molar-refractivity contribution in [3.05, 3.63) is 87.8 Å². The molecule has 0 radical (unpaired) electrons. The zero-order chi connectivity index (χ0) is 28.0. The lowest BCUT2D eigenvalue weighted by Gasteiger charge is -2.31. The molecule has 7 nitrogen and oxygen atoms in total. The highest BCUT2D eigenvalue weighted by molar-refractivity contribution is 6.40. The Morgan fingerprint density at radius 3 is 2.49 bits per heavy atom. The van der Waals surface area contributed by atoms with Crippen molar-refractivity contribution in [1.82, 2.24) is 14.8 Å². The van der Waals surface area contributed by atoms with Crippen LogP contribution in [0.5, 0.6) is 5.88 Å². The fourth-order valence-corrected chi connectivity index (χ4v) is 5.70. The molecule has 0 bridgehead atoms. The summed E-state index contributed by atoms with van der Waals surface area (Å²) in [5, 5.41) is 3.56. The van der Waals surface area contributed by atoms with Crippen molar-refractivity contribution in [3.8, 4) is 28.3 Å². The van der Waals surface area contributed by atoms with Crippen LogP contribution in [0, 0.1) is 0 Å². The molecule has 1 aromatic heterocycles. The molecule has 0 spiro atoms. The maximum Gasteiger partial charge on any atom is 0.266 e. The van der Waals surface area contributed by atoms with Gasteiger partial charge in [-0.25, -0.2) is 4.98 Å². The molecule has 1 atom stereocenters. The number of nitrogens with zero attached hydrogens (tertiary/aromatic N) is 3. The van der Waals surface area contributed by atoms with Gasteiger partial charge in [-0.3, -0.25) is 14.5 Å². The Kier molecular flexibility index (Phi) is 7.14. The number of carbonyl (C=O) groups excluding carboxylic acids is 2. The van der Waals surface area contributed by atoms with Gasteiger partial charge < -0.3 is 15.0 Å². The normalized spacial score (nSPS) is 16.8. The predicted molar refractivity (Wildman–Crippen MR) is 155 cm³/mol. The van der Waals surface area contributed by atoms with Gasteiger partial charge in [-0.1, -0.05) is 67.0 Å². The van der Waals surface area contributed by atoms with E-state index < -0.39 is 11.8 Å². The van der Waals surface area contributed by atoms with E-state index in [2.05, 4.69) is 24.9 Å². The average Bonchev–Trinajstić information content (AvgIpc) is 3.31. The molecular formula is C30H28Cl2N4O3. The molecule has 39 heavy (non-hydrogen) atoms. The van der Waals surface area contributed by atoms with Crippen molar-refractivity contribution in [3.63, 3.8) is 0 Å². The van der Waals surface area contributed by atoms with E-state index in [9.17, 15) is 9.59 Å². The second kappa shape index (κ2) is 10.4. The number of rotatable bonds is 5. The van der Waals surface area contributed by atoms with Gasteiger partial charge in [0.25, 0.3) is 11.8 Å². The van der Waals surface area contributed by atoms with E-state index in [1.807, 2.05) is 24.3 Å². The number of likely N-dealkylation sites (N-methyl/N-ethyl adjacent to an activating group) is 1. The molecule has 5 rings (SSSR count). The highest BCUT2D eigenvalue weighted by Gasteiger charge is 2.30. The zero-order valence-corrected chi connectivity index (χ0v) is 23.7. The van der Waals surface area contributed by atoms with Gasteiger partial charge in [0.05, 0.1) is 28.5 Å². The highest BCUT2D eigenvalue weighted by Crippen LogP contribution is 2.44. The monoisotopic (exact) mass is 562 g/mol. The Labute approximate surface area is 237 Å². The minimum absolute atomic E-state index is 0.0279. The van der Waals surface area contributed by atoms with Crippen molar-refractivity contribution in [2.75, 3.05) is 26.5 Å². The molecule has 1 aliphatic heterocycles. The smallest absolute Gasteiger partial charge is 0.266 e. The first kappa shape index (κ1) is 26.8. The number of nitrogens with one attached hydrogen (secondary N) is 1. The lowest BCUT2D eigenvalue weighted by atomic mass is 9.98. The molecule has 200 valence electrons. The number of aryl methyl sites for hydroxylation is 1. The molecule has 0 fully saturated rings. The third-order valence-electron chi connectivity index (χ3n) is 7.35. The summed E-state index contributed by atoms with van der Waals surface area (Å²) >= 11 is 13.8. The summed E-state index contributed by atoms with van der Waals surface area (Å²) in [7, 11) is 4.92. The molecule has 2 aliphatic rings. The molecule has 2 amide bonds. The standard InChI is InChI=1S/C30H28Cl2N4O3/c1-16-12-13-18-14-24(34-29(39-5)25(16)18)21-10-6-8-19(26(21)31)20-9-7-11-23(27(20)32)33-28(37)22-15-35(3)17(2)36(4)30(22)38/h6-11,14-16H,2,12-13H2,1,3-5H3,(H,33,37). The van der Waals surface area contributed by atoms with Crippen molar-refractivity contribution in [2.45, 2.75) is 25.7 Å². The van der Waals surface area contributed by atoms with Crippen molar-refractivity contribution < 1.29 is 14.3 Å². The van der Waals surface area contributed by atoms with Crippen LogP contribution in [0.3, 0.4) is 0 Å². The summed E-state index contributed by atoms with van der Waals surface area (Å²) in [6.45, 7) is 6.03. The van der Waals surface area contributed by atoms with E-state index in [4.69, 9.17) is 32.9 Å². The topological polar surface area (TPSA) is 74.8 Å². The summed E-state index contributed by atoms with van der Waals surface area (Å²) in [4.78, 5) is 33.5. The average molecular weight is 563 g/mol. The zero-order valence-electron chi connectivity index (χ0n) is 22.1. The Morgan fingerprint density at radius 2 is 1.77 bits per heavy atom. The van der Waals surface area contributed by atoms with Crippen LogP contribution in [0.1, 0.15) is 30.4 Å².